The van der Waals surface area contributed by atoms with Gasteiger partial charge in [0.25, 0.3) is 5.65 Å². The van der Waals surface area contributed by atoms with E-state index >= 15 is 0 Å². The van der Waals surface area contributed by atoms with E-state index in [1.165, 1.54) is 10.6 Å². The maximum absolute atomic E-state index is 14.0. The van der Waals surface area contributed by atoms with Crippen molar-refractivity contribution in [1.29, 1.82) is 0 Å². The van der Waals surface area contributed by atoms with Crippen molar-refractivity contribution in [2.45, 2.75) is 20.4 Å². The van der Waals surface area contributed by atoms with Crippen molar-refractivity contribution in [3.63, 3.8) is 0 Å². The molecule has 0 radical (unpaired) electrons. The van der Waals surface area contributed by atoms with Gasteiger partial charge in [-0.1, -0.05) is 96.7 Å². The van der Waals surface area contributed by atoms with Crippen LogP contribution in [0, 0.1) is 19.7 Å². The zero-order valence-corrected chi connectivity index (χ0v) is 21.5. The Morgan fingerprint density at radius 1 is 0.857 bits per heavy atom. The van der Waals surface area contributed by atoms with Crippen molar-refractivity contribution < 1.29 is 8.79 Å². The van der Waals surface area contributed by atoms with Gasteiger partial charge in [-0.3, -0.25) is 0 Å². The molecule has 0 aliphatic heterocycles. The molecular formula is C30H27FN2PS+. The summed E-state index contributed by atoms with van der Waals surface area (Å²) in [5, 5.41) is 2.34. The zero-order valence-electron chi connectivity index (χ0n) is 19.8. The van der Waals surface area contributed by atoms with Crippen LogP contribution in [0.2, 0.25) is 0 Å². The lowest BCUT2D eigenvalue weighted by Crippen LogP contribution is -2.42. The highest BCUT2D eigenvalue weighted by Crippen LogP contribution is 2.42. The number of nitrogens with zero attached hydrogens (tertiary/aromatic N) is 2. The summed E-state index contributed by atoms with van der Waals surface area (Å²) in [5.74, 6) is -0.181. The third-order valence-corrected chi connectivity index (χ3v) is 11.4. The van der Waals surface area contributed by atoms with Crippen LogP contribution in [-0.4, -0.2) is 4.57 Å². The molecule has 0 fully saturated rings. The Hall–Kier alpha value is -3.33. The number of rotatable bonds is 6. The zero-order chi connectivity index (χ0) is 24.4. The Morgan fingerprint density at radius 2 is 1.49 bits per heavy atom. The van der Waals surface area contributed by atoms with Gasteiger partial charge < -0.3 is 0 Å². The monoisotopic (exact) mass is 497 g/mol. The average Bonchev–Trinajstić information content (AvgIpc) is 3.18. The second-order valence-corrected chi connectivity index (χ2v) is 13.0. The number of allylic oxidation sites excluding steroid dienone is 1. The maximum atomic E-state index is 14.0. The summed E-state index contributed by atoms with van der Waals surface area (Å²) < 4.78 is 18.6. The van der Waals surface area contributed by atoms with Crippen LogP contribution >= 0.6 is 6.04 Å². The fraction of sp³-hybridized carbons (Fsp3) is 0.100. The second kappa shape index (κ2) is 9.73. The van der Waals surface area contributed by atoms with Crippen LogP contribution in [0.15, 0.2) is 109 Å². The first kappa shape index (κ1) is 23.4. The molecule has 2 nitrogen and oxygen atoms in total. The minimum atomic E-state index is -2.34. The topological polar surface area (TPSA) is 9.03 Å². The molecule has 0 amide bonds. The first-order chi connectivity index (χ1) is 17.0. The maximum Gasteiger partial charge on any atom is 0.287 e. The van der Waals surface area contributed by atoms with Crippen molar-refractivity contribution >= 4 is 45.6 Å². The molecule has 0 N–H and O–H groups in total. The Morgan fingerprint density at radius 3 is 2.11 bits per heavy atom. The smallest absolute Gasteiger partial charge is 0.223 e. The molecule has 0 spiro atoms. The molecule has 0 saturated heterocycles. The number of benzene rings is 3. The van der Waals surface area contributed by atoms with E-state index in [0.717, 1.165) is 22.3 Å². The average molecular weight is 498 g/mol. The fourth-order valence-electron chi connectivity index (χ4n) is 4.59. The highest BCUT2D eigenvalue weighted by molar-refractivity contribution is 8.25. The molecule has 0 aliphatic carbocycles. The Balaban J connectivity index is 1.67. The first-order valence-corrected chi connectivity index (χ1v) is 14.4. The second-order valence-electron chi connectivity index (χ2n) is 8.64. The van der Waals surface area contributed by atoms with E-state index in [1.807, 2.05) is 30.3 Å². The molecule has 2 aromatic heterocycles. The molecule has 5 rings (SSSR count). The van der Waals surface area contributed by atoms with E-state index in [9.17, 15) is 4.39 Å². The van der Waals surface area contributed by atoms with Crippen LogP contribution in [0.5, 0.6) is 0 Å². The number of aryl methyl sites for hydroxylation is 1. The van der Waals surface area contributed by atoms with E-state index < -0.39 is 6.04 Å². The van der Waals surface area contributed by atoms with E-state index in [1.54, 1.807) is 13.0 Å². The van der Waals surface area contributed by atoms with Gasteiger partial charge in [0.1, 0.15) is 18.1 Å². The molecule has 35 heavy (non-hydrogen) atoms. The van der Waals surface area contributed by atoms with Gasteiger partial charge in [0.05, 0.1) is 12.2 Å². The first-order valence-electron chi connectivity index (χ1n) is 11.6. The molecule has 0 unspecified atom stereocenters. The van der Waals surface area contributed by atoms with Gasteiger partial charge in [-0.2, -0.15) is 4.40 Å². The van der Waals surface area contributed by atoms with Crippen LogP contribution in [0.1, 0.15) is 16.8 Å². The highest BCUT2D eigenvalue weighted by atomic mass is 32.4. The normalized spacial score (nSPS) is 12.0. The summed E-state index contributed by atoms with van der Waals surface area (Å²) in [4.78, 5) is 0. The Labute approximate surface area is 211 Å². The van der Waals surface area contributed by atoms with Gasteiger partial charge in [0, 0.05) is 13.0 Å². The van der Waals surface area contributed by atoms with Crippen molar-refractivity contribution in [3.8, 4) is 0 Å². The summed E-state index contributed by atoms with van der Waals surface area (Å²) in [7, 11) is 0. The predicted octanol–water partition coefficient (Wildman–Crippen LogP) is 5.45. The summed E-state index contributed by atoms with van der Waals surface area (Å²) >= 11 is 6.66. The number of hydrogen-bond acceptors (Lipinski definition) is 1. The van der Waals surface area contributed by atoms with Crippen molar-refractivity contribution in [2.75, 3.05) is 0 Å². The molecule has 0 saturated carbocycles. The SMILES string of the molecule is Cc1ccc(C=CCn2c(C)c(P(=S)(c3ccccc3)c3ccccc3)[n+]3ccccc23)cc1F. The summed E-state index contributed by atoms with van der Waals surface area (Å²) in [6.45, 7) is 4.60. The molecule has 0 bridgehead atoms. The molecule has 174 valence electrons. The van der Waals surface area contributed by atoms with Crippen LogP contribution in [-0.2, 0) is 18.4 Å². The molecular weight excluding hydrogens is 470 g/mol. The fourth-order valence-corrected chi connectivity index (χ4v) is 9.00. The van der Waals surface area contributed by atoms with E-state index in [4.69, 9.17) is 11.8 Å². The number of pyridine rings is 1. The van der Waals surface area contributed by atoms with Crippen LogP contribution in [0.25, 0.3) is 11.7 Å². The van der Waals surface area contributed by atoms with E-state index in [-0.39, 0.29) is 5.82 Å². The van der Waals surface area contributed by atoms with Gasteiger partial charge in [-0.05, 0) is 46.9 Å². The Bertz CT molecular complexity index is 1530. The van der Waals surface area contributed by atoms with Gasteiger partial charge in [-0.25, -0.2) is 8.96 Å². The highest BCUT2D eigenvalue weighted by Gasteiger charge is 2.36. The van der Waals surface area contributed by atoms with Crippen LogP contribution in [0.3, 0.4) is 0 Å². The largest absolute Gasteiger partial charge is 0.287 e. The quantitative estimate of drug-likeness (QED) is 0.224. The van der Waals surface area contributed by atoms with Gasteiger partial charge in [0.15, 0.2) is 5.44 Å². The molecule has 0 atom stereocenters. The molecule has 2 heterocycles. The van der Waals surface area contributed by atoms with E-state index in [2.05, 4.69) is 94.9 Å². The number of aromatic nitrogens is 2. The summed E-state index contributed by atoms with van der Waals surface area (Å²) in [6, 6.07) is 30.2. The van der Waals surface area contributed by atoms with Crippen molar-refractivity contribution in [3.05, 3.63) is 132 Å². The number of hydrogen-bond donors (Lipinski definition) is 0. The van der Waals surface area contributed by atoms with Crippen molar-refractivity contribution in [1.82, 2.24) is 4.57 Å². The molecule has 5 aromatic rings. The van der Waals surface area contributed by atoms with Gasteiger partial charge in [-0.15, -0.1) is 0 Å². The van der Waals surface area contributed by atoms with Crippen LogP contribution in [0.4, 0.5) is 4.39 Å². The minimum Gasteiger partial charge on any atom is -0.223 e. The van der Waals surface area contributed by atoms with E-state index in [0.29, 0.717) is 12.1 Å². The lowest BCUT2D eigenvalue weighted by atomic mass is 10.1. The Kier molecular flexibility index (Phi) is 6.51. The lowest BCUT2D eigenvalue weighted by Gasteiger charge is -2.21. The minimum absolute atomic E-state index is 0.181. The number of halogens is 1. The molecule has 3 aromatic carbocycles. The standard InChI is InChI=1S/C30H27FN2PS/c1-23-18-19-25(22-28(23)31)12-11-21-32-24(2)30(33-20-10-9-17-29(32)33)34(35,26-13-5-3-6-14-26)27-15-7-4-8-16-27/h3-20,22H,21H2,1-2H3/q+1. The predicted molar refractivity (Wildman–Crippen MR) is 149 cm³/mol. The number of imidazole rings is 1. The molecule has 5 heteroatoms. The summed E-state index contributed by atoms with van der Waals surface area (Å²) in [5.41, 5.74) is 4.90. The lowest BCUT2D eigenvalue weighted by molar-refractivity contribution is -0.490. The summed E-state index contributed by atoms with van der Waals surface area (Å²) in [6.07, 6.45) is 6.17. The number of fused-ring (bicyclic) bond motifs is 1. The van der Waals surface area contributed by atoms with Crippen molar-refractivity contribution in [2.24, 2.45) is 0 Å². The van der Waals surface area contributed by atoms with Crippen LogP contribution < -0.4 is 20.4 Å². The third kappa shape index (κ3) is 4.29. The van der Waals surface area contributed by atoms with Gasteiger partial charge >= 0.3 is 0 Å². The third-order valence-electron chi connectivity index (χ3n) is 6.40. The molecule has 0 aliphatic rings. The van der Waals surface area contributed by atoms with Gasteiger partial charge in [0.2, 0.25) is 0 Å².